The maximum atomic E-state index is 6.23. The highest BCUT2D eigenvalue weighted by atomic mass is 79.9. The van der Waals surface area contributed by atoms with Crippen LogP contribution < -0.4 is 10.1 Å². The summed E-state index contributed by atoms with van der Waals surface area (Å²) in [5.41, 5.74) is 0. The molecule has 0 aliphatic heterocycles. The molecular weight excluding hydrogens is 326 g/mol. The van der Waals surface area contributed by atoms with Crippen molar-refractivity contribution < 1.29 is 4.74 Å². The van der Waals surface area contributed by atoms with Crippen LogP contribution in [0.25, 0.3) is 10.8 Å². The molecule has 0 spiro atoms. The van der Waals surface area contributed by atoms with Gasteiger partial charge >= 0.3 is 0 Å². The van der Waals surface area contributed by atoms with Gasteiger partial charge < -0.3 is 10.1 Å². The van der Waals surface area contributed by atoms with E-state index in [1.54, 1.807) is 0 Å². The summed E-state index contributed by atoms with van der Waals surface area (Å²) in [5, 5.41) is 5.89. The highest BCUT2D eigenvalue weighted by Crippen LogP contribution is 2.33. The lowest BCUT2D eigenvalue weighted by atomic mass is 10.1. The van der Waals surface area contributed by atoms with Gasteiger partial charge in [-0.05, 0) is 52.2 Å². The third kappa shape index (κ3) is 4.45. The van der Waals surface area contributed by atoms with Crippen LogP contribution in [0.1, 0.15) is 33.1 Å². The minimum atomic E-state index is 0.221. The summed E-state index contributed by atoms with van der Waals surface area (Å²) in [5.74, 6) is 0.936. The van der Waals surface area contributed by atoms with Crippen molar-refractivity contribution in [2.75, 3.05) is 13.1 Å². The van der Waals surface area contributed by atoms with Crippen LogP contribution >= 0.6 is 15.9 Å². The van der Waals surface area contributed by atoms with Crippen LogP contribution in [0.3, 0.4) is 0 Å². The van der Waals surface area contributed by atoms with Crippen LogP contribution in [-0.4, -0.2) is 19.2 Å². The summed E-state index contributed by atoms with van der Waals surface area (Å²) in [6.07, 6.45) is 3.57. The summed E-state index contributed by atoms with van der Waals surface area (Å²) in [6, 6.07) is 12.5. The van der Waals surface area contributed by atoms with Gasteiger partial charge in [-0.15, -0.1) is 0 Å². The Balaban J connectivity index is 2.14. The first-order valence-electron chi connectivity index (χ1n) is 7.80. The molecule has 0 aliphatic carbocycles. The molecule has 2 aromatic carbocycles. The maximum Gasteiger partial charge on any atom is 0.134 e. The Labute approximate surface area is 136 Å². The van der Waals surface area contributed by atoms with E-state index in [0.29, 0.717) is 0 Å². The second-order valence-electron chi connectivity index (χ2n) is 5.33. The highest BCUT2D eigenvalue weighted by Gasteiger charge is 2.12. The molecule has 2 aromatic rings. The third-order valence-corrected chi connectivity index (χ3v) is 4.35. The summed E-state index contributed by atoms with van der Waals surface area (Å²) in [7, 11) is 0. The van der Waals surface area contributed by atoms with Gasteiger partial charge in [-0.1, -0.05) is 50.6 Å². The molecule has 2 rings (SSSR count). The Hall–Kier alpha value is -1.06. The smallest absolute Gasteiger partial charge is 0.134 e. The summed E-state index contributed by atoms with van der Waals surface area (Å²) >= 11 is 3.70. The summed E-state index contributed by atoms with van der Waals surface area (Å²) < 4.78 is 7.28. The Morgan fingerprint density at radius 3 is 2.67 bits per heavy atom. The highest BCUT2D eigenvalue weighted by molar-refractivity contribution is 9.10. The molecule has 0 heterocycles. The lowest BCUT2D eigenvalue weighted by Gasteiger charge is -2.20. The van der Waals surface area contributed by atoms with Crippen molar-refractivity contribution in [3.63, 3.8) is 0 Å². The Kier molecular flexibility index (Phi) is 6.52. The van der Waals surface area contributed by atoms with Gasteiger partial charge in [0.05, 0.1) is 4.47 Å². The van der Waals surface area contributed by atoms with Crippen molar-refractivity contribution in [3.05, 3.63) is 40.9 Å². The topological polar surface area (TPSA) is 21.3 Å². The van der Waals surface area contributed by atoms with Crippen molar-refractivity contribution in [2.24, 2.45) is 0 Å². The number of nitrogens with one attached hydrogen (secondary N) is 1. The third-order valence-electron chi connectivity index (χ3n) is 3.53. The fraction of sp³-hybridized carbons (Fsp3) is 0.444. The first kappa shape index (κ1) is 16.3. The Morgan fingerprint density at radius 1 is 1.10 bits per heavy atom. The predicted octanol–water partition coefficient (Wildman–Crippen LogP) is 5.15. The van der Waals surface area contributed by atoms with Crippen molar-refractivity contribution in [1.82, 2.24) is 5.32 Å². The monoisotopic (exact) mass is 349 g/mol. The second kappa shape index (κ2) is 8.40. The number of halogens is 1. The van der Waals surface area contributed by atoms with E-state index in [9.17, 15) is 0 Å². The first-order valence-corrected chi connectivity index (χ1v) is 8.60. The Morgan fingerprint density at radius 2 is 1.90 bits per heavy atom. The van der Waals surface area contributed by atoms with Crippen LogP contribution in [-0.2, 0) is 0 Å². The lowest BCUT2D eigenvalue weighted by Crippen LogP contribution is -2.31. The van der Waals surface area contributed by atoms with E-state index in [1.165, 1.54) is 10.8 Å². The largest absolute Gasteiger partial charge is 0.488 e. The molecule has 3 heteroatoms. The van der Waals surface area contributed by atoms with Gasteiger partial charge in [-0.25, -0.2) is 0 Å². The quantitative estimate of drug-likeness (QED) is 0.665. The van der Waals surface area contributed by atoms with Crippen molar-refractivity contribution in [1.29, 1.82) is 0 Å². The molecule has 0 aliphatic rings. The zero-order chi connectivity index (χ0) is 15.1. The molecule has 0 radical (unpaired) electrons. The van der Waals surface area contributed by atoms with E-state index in [2.05, 4.69) is 71.5 Å². The minimum Gasteiger partial charge on any atom is -0.488 e. The van der Waals surface area contributed by atoms with Crippen LogP contribution in [0.15, 0.2) is 40.9 Å². The molecule has 2 nitrogen and oxygen atoms in total. The Bertz CT molecular complexity index is 570. The van der Waals surface area contributed by atoms with Crippen LogP contribution in [0.2, 0.25) is 0 Å². The molecule has 114 valence electrons. The van der Waals surface area contributed by atoms with Gasteiger partial charge in [0.2, 0.25) is 0 Å². The first-order chi connectivity index (χ1) is 10.3. The lowest BCUT2D eigenvalue weighted by molar-refractivity contribution is 0.186. The summed E-state index contributed by atoms with van der Waals surface area (Å²) in [6.45, 7) is 6.33. The normalized spacial score (nSPS) is 12.5. The molecule has 1 atom stereocenters. The van der Waals surface area contributed by atoms with Crippen LogP contribution in [0.4, 0.5) is 0 Å². The molecule has 21 heavy (non-hydrogen) atoms. The summed E-state index contributed by atoms with van der Waals surface area (Å²) in [4.78, 5) is 0. The molecule has 0 amide bonds. The average molecular weight is 350 g/mol. The molecule has 0 saturated heterocycles. The molecule has 0 fully saturated rings. The van der Waals surface area contributed by atoms with Gasteiger partial charge in [0.25, 0.3) is 0 Å². The van der Waals surface area contributed by atoms with E-state index in [4.69, 9.17) is 4.74 Å². The molecule has 0 aromatic heterocycles. The average Bonchev–Trinajstić information content (AvgIpc) is 2.50. The van der Waals surface area contributed by atoms with E-state index >= 15 is 0 Å². The molecular formula is C18H24BrNO. The van der Waals surface area contributed by atoms with Crippen molar-refractivity contribution >= 4 is 26.7 Å². The van der Waals surface area contributed by atoms with Gasteiger partial charge in [0.1, 0.15) is 11.9 Å². The number of ether oxygens (including phenoxy) is 1. The van der Waals surface area contributed by atoms with Crippen LogP contribution in [0.5, 0.6) is 5.75 Å². The van der Waals surface area contributed by atoms with Gasteiger partial charge in [0, 0.05) is 6.54 Å². The minimum absolute atomic E-state index is 0.221. The van der Waals surface area contributed by atoms with E-state index in [0.717, 1.165) is 42.6 Å². The van der Waals surface area contributed by atoms with E-state index in [1.807, 2.05) is 0 Å². The standard InChI is InChI=1S/C18H24BrNO/c1-3-7-15(13-20-12-4-2)21-17-11-10-14-8-5-6-9-16(14)18(17)19/h5-6,8-11,15,20H,3-4,7,12-13H2,1-2H3. The van der Waals surface area contributed by atoms with Gasteiger partial charge in [0.15, 0.2) is 0 Å². The van der Waals surface area contributed by atoms with Crippen molar-refractivity contribution in [2.45, 2.75) is 39.2 Å². The zero-order valence-electron chi connectivity index (χ0n) is 12.9. The number of hydrogen-bond acceptors (Lipinski definition) is 2. The number of rotatable bonds is 8. The molecule has 0 bridgehead atoms. The fourth-order valence-corrected chi connectivity index (χ4v) is 3.04. The molecule has 1 N–H and O–H groups in total. The molecule has 1 unspecified atom stereocenters. The van der Waals surface area contributed by atoms with Gasteiger partial charge in [-0.3, -0.25) is 0 Å². The number of fused-ring (bicyclic) bond motifs is 1. The molecule has 0 saturated carbocycles. The van der Waals surface area contributed by atoms with Gasteiger partial charge in [-0.2, -0.15) is 0 Å². The zero-order valence-corrected chi connectivity index (χ0v) is 14.4. The number of benzene rings is 2. The SMILES string of the molecule is CCCNCC(CCC)Oc1ccc2ccccc2c1Br. The fourth-order valence-electron chi connectivity index (χ4n) is 2.45. The van der Waals surface area contributed by atoms with E-state index < -0.39 is 0 Å². The predicted molar refractivity (Wildman–Crippen MR) is 94.1 cm³/mol. The van der Waals surface area contributed by atoms with E-state index in [-0.39, 0.29) is 6.10 Å². The van der Waals surface area contributed by atoms with Crippen molar-refractivity contribution in [3.8, 4) is 5.75 Å². The number of hydrogen-bond donors (Lipinski definition) is 1. The van der Waals surface area contributed by atoms with Crippen LogP contribution in [0, 0.1) is 0 Å². The second-order valence-corrected chi connectivity index (χ2v) is 6.12. The maximum absolute atomic E-state index is 6.23.